The summed E-state index contributed by atoms with van der Waals surface area (Å²) in [5, 5.41) is 8.06. The molecule has 0 heterocycles. The van der Waals surface area contributed by atoms with E-state index in [4.69, 9.17) is 8.65 Å². The molecule has 44 valence electrons. The second-order valence-corrected chi connectivity index (χ2v) is 1.09. The van der Waals surface area contributed by atoms with Crippen molar-refractivity contribution in [2.75, 3.05) is 0 Å². The van der Waals surface area contributed by atoms with E-state index in [0.717, 1.165) is 0 Å². The van der Waals surface area contributed by atoms with E-state index in [9.17, 15) is 0 Å². The van der Waals surface area contributed by atoms with E-state index in [2.05, 4.69) is 0 Å². The molecule has 0 amide bonds. The van der Waals surface area contributed by atoms with Gasteiger partial charge in [0, 0.05) is 6.10 Å². The van der Waals surface area contributed by atoms with Crippen LogP contribution in [0.3, 0.4) is 0 Å². The van der Waals surface area contributed by atoms with Gasteiger partial charge in [-0.3, -0.25) is 0 Å². The Morgan fingerprint density at radius 2 is 1.43 bits per heavy atom. The van der Waals surface area contributed by atoms with Crippen LogP contribution in [0, 0.1) is 0 Å². The van der Waals surface area contributed by atoms with Crippen molar-refractivity contribution in [3.63, 3.8) is 0 Å². The third-order valence-corrected chi connectivity index (χ3v) is 0. The summed E-state index contributed by atoms with van der Waals surface area (Å²) in [7, 11) is 0. The summed E-state index contributed by atoms with van der Waals surface area (Å²) in [6.07, 6.45) is -0.167. The van der Waals surface area contributed by atoms with Crippen LogP contribution >= 0.6 is 0 Å². The minimum absolute atomic E-state index is 0. The summed E-state index contributed by atoms with van der Waals surface area (Å²) in [4.78, 5) is 0. The van der Waals surface area contributed by atoms with E-state index < -0.39 is 0 Å². The molecule has 0 aromatic rings. The predicted molar refractivity (Wildman–Crippen MR) is 31.9 cm³/mol. The van der Waals surface area contributed by atoms with Gasteiger partial charge in [-0.1, -0.05) is 7.43 Å². The molecule has 0 aromatic heterocycles. The van der Waals surface area contributed by atoms with Gasteiger partial charge in [0.1, 0.15) is 0 Å². The standard InChI is InChI=1S/C3H8O.CH4.Ga.O.H/c1-3(2)4;;;;/h3-4H,1-2H3;1H4;;;. The minimum atomic E-state index is -0.167. The molecule has 0 aliphatic carbocycles. The fourth-order valence-corrected chi connectivity index (χ4v) is 0. The van der Waals surface area contributed by atoms with Gasteiger partial charge < -0.3 is 5.11 Å². The summed E-state index contributed by atoms with van der Waals surface area (Å²) in [5.74, 6) is 0. The van der Waals surface area contributed by atoms with Crippen molar-refractivity contribution in [1.82, 2.24) is 0 Å². The quantitative estimate of drug-likeness (QED) is 0.519. The average molecular weight is 163 g/mol. The average Bonchev–Trinajstić information content (AvgIpc) is 1.41. The molecule has 2 nitrogen and oxygen atoms in total. The number of aliphatic hydroxyl groups is 1. The second-order valence-electron chi connectivity index (χ2n) is 1.09. The zero-order chi connectivity index (χ0) is 5.58. The van der Waals surface area contributed by atoms with Crippen LogP contribution in [0.2, 0.25) is 0 Å². The molecule has 0 bridgehead atoms. The SMILES string of the molecule is C.CC(C)O.[O]=[GaH]. The third-order valence-electron chi connectivity index (χ3n) is 0. The molecule has 7 heavy (non-hydrogen) atoms. The monoisotopic (exact) mass is 162 g/mol. The molecular formula is C4H13GaO2. The van der Waals surface area contributed by atoms with Crippen molar-refractivity contribution >= 4 is 18.6 Å². The maximum atomic E-state index is 8.38. The molecule has 1 N–H and O–H groups in total. The van der Waals surface area contributed by atoms with Crippen LogP contribution in [0.1, 0.15) is 21.3 Å². The van der Waals surface area contributed by atoms with Gasteiger partial charge in [-0.2, -0.15) is 0 Å². The second kappa shape index (κ2) is 16.1. The molecule has 0 fully saturated rings. The normalized spacial score (nSPS) is 5.57. The van der Waals surface area contributed by atoms with Crippen molar-refractivity contribution in [3.05, 3.63) is 0 Å². The van der Waals surface area contributed by atoms with Crippen LogP contribution in [-0.4, -0.2) is 29.8 Å². The molecule has 0 saturated carbocycles. The molecule has 0 atom stereocenters. The first-order valence-corrected chi connectivity index (χ1v) is 2.91. The fourth-order valence-electron chi connectivity index (χ4n) is 0. The van der Waals surface area contributed by atoms with Gasteiger partial charge in [0.25, 0.3) is 0 Å². The Balaban J connectivity index is -0.0000000480. The number of rotatable bonds is 0. The predicted octanol–water partition coefficient (Wildman–Crippen LogP) is 0.256. The van der Waals surface area contributed by atoms with Gasteiger partial charge in [0.15, 0.2) is 0 Å². The molecule has 0 unspecified atom stereocenters. The topological polar surface area (TPSA) is 37.3 Å². The molecule has 0 spiro atoms. The van der Waals surface area contributed by atoms with Gasteiger partial charge in [0.2, 0.25) is 0 Å². The molecule has 3 heteroatoms. The summed E-state index contributed by atoms with van der Waals surface area (Å²) < 4.78 is 8.38. The Labute approximate surface area is 55.1 Å². The molecule has 0 saturated heterocycles. The van der Waals surface area contributed by atoms with Crippen molar-refractivity contribution in [2.24, 2.45) is 0 Å². The summed E-state index contributed by atoms with van der Waals surface area (Å²) in [6, 6.07) is 0. The Kier molecular flexibility index (Phi) is 36.1. The molecule has 0 aliphatic heterocycles. The van der Waals surface area contributed by atoms with Crippen LogP contribution in [0.4, 0.5) is 0 Å². The fraction of sp³-hybridized carbons (Fsp3) is 1.00. The molecule has 0 rings (SSSR count). The van der Waals surface area contributed by atoms with Crippen LogP contribution in [-0.2, 0) is 3.54 Å². The van der Waals surface area contributed by atoms with Crippen molar-refractivity contribution < 1.29 is 8.65 Å². The van der Waals surface area contributed by atoms with E-state index in [1.165, 1.54) is 0 Å². The van der Waals surface area contributed by atoms with E-state index >= 15 is 0 Å². The van der Waals surface area contributed by atoms with Gasteiger partial charge >= 0.3 is 22.1 Å². The van der Waals surface area contributed by atoms with Gasteiger partial charge in [0.05, 0.1) is 0 Å². The summed E-state index contributed by atoms with van der Waals surface area (Å²) >= 11 is 0.125. The van der Waals surface area contributed by atoms with Crippen LogP contribution < -0.4 is 0 Å². The van der Waals surface area contributed by atoms with Gasteiger partial charge in [-0.25, -0.2) is 0 Å². The Morgan fingerprint density at radius 1 is 1.43 bits per heavy atom. The Hall–Kier alpha value is 0.396. The van der Waals surface area contributed by atoms with Gasteiger partial charge in [-0.05, 0) is 13.8 Å². The van der Waals surface area contributed by atoms with Crippen molar-refractivity contribution in [3.8, 4) is 0 Å². The zero-order valence-electron chi connectivity index (χ0n) is 4.14. The van der Waals surface area contributed by atoms with E-state index in [-0.39, 0.29) is 32.1 Å². The van der Waals surface area contributed by atoms with Gasteiger partial charge in [-0.15, -0.1) is 0 Å². The molecule has 0 aliphatic rings. The summed E-state index contributed by atoms with van der Waals surface area (Å²) in [5.41, 5.74) is 0. The Morgan fingerprint density at radius 3 is 1.43 bits per heavy atom. The first-order chi connectivity index (χ1) is 2.73. The van der Waals surface area contributed by atoms with Crippen LogP contribution in [0.15, 0.2) is 0 Å². The van der Waals surface area contributed by atoms with Crippen LogP contribution in [0.25, 0.3) is 0 Å². The third kappa shape index (κ3) is 787. The number of aliphatic hydroxyl groups excluding tert-OH is 1. The van der Waals surface area contributed by atoms with E-state index in [1.807, 2.05) is 0 Å². The zero-order valence-corrected chi connectivity index (χ0v) is 7.11. The first kappa shape index (κ1) is 15.7. The summed E-state index contributed by atoms with van der Waals surface area (Å²) in [6.45, 7) is 3.44. The molecule has 0 aromatic carbocycles. The van der Waals surface area contributed by atoms with Crippen LogP contribution in [0.5, 0.6) is 0 Å². The number of hydrogen-bond donors (Lipinski definition) is 1. The van der Waals surface area contributed by atoms with Crippen molar-refractivity contribution in [1.29, 1.82) is 0 Å². The van der Waals surface area contributed by atoms with Crippen molar-refractivity contribution in [2.45, 2.75) is 27.4 Å². The molecular weight excluding hydrogens is 150 g/mol. The number of hydrogen-bond acceptors (Lipinski definition) is 2. The molecule has 0 radical (unpaired) electrons. The maximum absolute atomic E-state index is 8.38. The van der Waals surface area contributed by atoms with E-state index in [1.54, 1.807) is 13.8 Å². The first-order valence-electron chi connectivity index (χ1n) is 1.70. The van der Waals surface area contributed by atoms with E-state index in [0.29, 0.717) is 0 Å². The Bertz CT molecular complexity index is 20.9.